The molecule has 0 atom stereocenters. The number of amides is 2. The van der Waals surface area contributed by atoms with Gasteiger partial charge in [-0.2, -0.15) is 4.37 Å². The van der Waals surface area contributed by atoms with Gasteiger partial charge >= 0.3 is 6.03 Å². The number of carbonyl (C=O) groups excluding carboxylic acids is 1. The summed E-state index contributed by atoms with van der Waals surface area (Å²) in [5.41, 5.74) is -0.649. The van der Waals surface area contributed by atoms with Gasteiger partial charge in [-0.15, -0.1) is 6.58 Å². The fourth-order valence-electron chi connectivity index (χ4n) is 1.74. The quantitative estimate of drug-likeness (QED) is 0.611. The highest BCUT2D eigenvalue weighted by atomic mass is 32.1. The minimum Gasteiger partial charge on any atom is -0.472 e. The van der Waals surface area contributed by atoms with E-state index in [1.807, 2.05) is 0 Å². The van der Waals surface area contributed by atoms with Gasteiger partial charge in [0.25, 0.3) is 0 Å². The van der Waals surface area contributed by atoms with Gasteiger partial charge in [0.15, 0.2) is 11.6 Å². The van der Waals surface area contributed by atoms with E-state index in [9.17, 15) is 18.0 Å². The minimum atomic E-state index is -1.29. The Morgan fingerprint density at radius 1 is 1.38 bits per heavy atom. The van der Waals surface area contributed by atoms with Crippen LogP contribution in [0.4, 0.5) is 23.0 Å². The third-order valence-electron chi connectivity index (χ3n) is 2.93. The Hall–Kier alpha value is -2.55. The number of nitrogens with one attached hydrogen (secondary N) is 2. The maximum Gasteiger partial charge on any atom is 0.320 e. The van der Waals surface area contributed by atoms with Crippen molar-refractivity contribution in [3.05, 3.63) is 53.4 Å². The van der Waals surface area contributed by atoms with E-state index in [1.165, 1.54) is 19.1 Å². The highest BCUT2D eigenvalue weighted by Gasteiger charge is 2.18. The molecule has 2 aromatic rings. The van der Waals surface area contributed by atoms with Gasteiger partial charge in [0.1, 0.15) is 17.4 Å². The van der Waals surface area contributed by atoms with E-state index in [0.717, 1.165) is 17.6 Å². The number of hydrogen-bond donors (Lipinski definition) is 2. The molecule has 1 aromatic carbocycles. The highest BCUT2D eigenvalue weighted by Crippen LogP contribution is 2.25. The first kappa shape index (κ1) is 17.8. The Balaban J connectivity index is 2.00. The number of carbonyl (C=O) groups is 1. The normalized spacial score (nSPS) is 10.3. The summed E-state index contributed by atoms with van der Waals surface area (Å²) in [6.45, 7) is 4.50. The van der Waals surface area contributed by atoms with Crippen LogP contribution in [-0.4, -0.2) is 16.9 Å². The van der Waals surface area contributed by atoms with E-state index in [4.69, 9.17) is 4.74 Å². The van der Waals surface area contributed by atoms with Gasteiger partial charge in [0, 0.05) is 12.6 Å². The number of aryl methyl sites for hydroxylation is 1. The van der Waals surface area contributed by atoms with Crippen molar-refractivity contribution in [2.24, 2.45) is 0 Å². The van der Waals surface area contributed by atoms with Gasteiger partial charge < -0.3 is 10.1 Å². The number of nitrogens with zero attached hydrogens (tertiary/aromatic N) is 1. The van der Waals surface area contributed by atoms with Crippen LogP contribution in [0.25, 0.3) is 0 Å². The SMILES string of the molecule is C=CCNC(=O)Nc1cc(OCc2c(F)cc(C)c(F)c2F)ns1. The number of aromatic nitrogens is 1. The number of rotatable bonds is 6. The fourth-order valence-corrected chi connectivity index (χ4v) is 2.32. The molecule has 5 nitrogen and oxygen atoms in total. The summed E-state index contributed by atoms with van der Waals surface area (Å²) in [7, 11) is 0. The van der Waals surface area contributed by atoms with Crippen molar-refractivity contribution in [1.82, 2.24) is 9.69 Å². The Kier molecular flexibility index (Phi) is 5.80. The Morgan fingerprint density at radius 3 is 2.83 bits per heavy atom. The van der Waals surface area contributed by atoms with Crippen LogP contribution in [0.15, 0.2) is 24.8 Å². The van der Waals surface area contributed by atoms with Gasteiger partial charge in [-0.3, -0.25) is 5.32 Å². The highest BCUT2D eigenvalue weighted by molar-refractivity contribution is 7.10. The van der Waals surface area contributed by atoms with Crippen LogP contribution in [0.1, 0.15) is 11.1 Å². The van der Waals surface area contributed by atoms with Crippen molar-refractivity contribution < 1.29 is 22.7 Å². The van der Waals surface area contributed by atoms with Gasteiger partial charge in [-0.25, -0.2) is 18.0 Å². The lowest BCUT2D eigenvalue weighted by molar-refractivity contribution is 0.253. The number of urea groups is 1. The molecule has 2 amide bonds. The molecule has 0 radical (unpaired) electrons. The average Bonchev–Trinajstić information content (AvgIpc) is 2.98. The minimum absolute atomic E-state index is 0.0544. The Labute approximate surface area is 140 Å². The molecule has 0 spiro atoms. The number of ether oxygens (including phenoxy) is 1. The molecule has 1 aromatic heterocycles. The monoisotopic (exact) mass is 357 g/mol. The summed E-state index contributed by atoms with van der Waals surface area (Å²) < 4.78 is 50.0. The van der Waals surface area contributed by atoms with E-state index in [2.05, 4.69) is 21.6 Å². The van der Waals surface area contributed by atoms with Crippen LogP contribution < -0.4 is 15.4 Å². The predicted octanol–water partition coefficient (Wildman–Crippen LogP) is 3.76. The Bertz CT molecular complexity index is 765. The number of benzene rings is 1. The second-order valence-electron chi connectivity index (χ2n) is 4.72. The molecule has 2 N–H and O–H groups in total. The summed E-state index contributed by atoms with van der Waals surface area (Å²) in [4.78, 5) is 11.4. The molecule has 24 heavy (non-hydrogen) atoms. The second kappa shape index (κ2) is 7.82. The molecule has 0 aliphatic carbocycles. The lowest BCUT2D eigenvalue weighted by Gasteiger charge is -2.08. The molecule has 0 saturated carbocycles. The molecule has 2 rings (SSSR count). The van der Waals surface area contributed by atoms with E-state index in [1.54, 1.807) is 0 Å². The molecular formula is C15H14F3N3O2S. The summed E-state index contributed by atoms with van der Waals surface area (Å²) in [6, 6.07) is 1.83. The van der Waals surface area contributed by atoms with Gasteiger partial charge in [-0.1, -0.05) is 6.08 Å². The average molecular weight is 357 g/mol. The Morgan fingerprint density at radius 2 is 2.12 bits per heavy atom. The fraction of sp³-hybridized carbons (Fsp3) is 0.200. The maximum atomic E-state index is 13.7. The maximum absolute atomic E-state index is 13.7. The second-order valence-corrected chi connectivity index (χ2v) is 5.53. The first-order valence-corrected chi connectivity index (χ1v) is 7.58. The van der Waals surface area contributed by atoms with Crippen molar-refractivity contribution in [3.63, 3.8) is 0 Å². The number of halogens is 3. The van der Waals surface area contributed by atoms with Gasteiger partial charge in [-0.05, 0) is 30.1 Å². The van der Waals surface area contributed by atoms with Crippen molar-refractivity contribution in [3.8, 4) is 5.88 Å². The largest absolute Gasteiger partial charge is 0.472 e. The van der Waals surface area contributed by atoms with E-state index in [-0.39, 0.29) is 11.4 Å². The zero-order chi connectivity index (χ0) is 17.7. The molecule has 0 aliphatic rings. The van der Waals surface area contributed by atoms with Gasteiger partial charge in [0.05, 0.1) is 5.56 Å². The van der Waals surface area contributed by atoms with Gasteiger partial charge in [0.2, 0.25) is 5.88 Å². The van der Waals surface area contributed by atoms with Crippen molar-refractivity contribution in [2.75, 3.05) is 11.9 Å². The molecule has 0 aliphatic heterocycles. The third-order valence-corrected chi connectivity index (χ3v) is 3.62. The molecular weight excluding hydrogens is 343 g/mol. The van der Waals surface area contributed by atoms with Crippen LogP contribution in [0.5, 0.6) is 5.88 Å². The zero-order valence-electron chi connectivity index (χ0n) is 12.7. The predicted molar refractivity (Wildman–Crippen MR) is 84.7 cm³/mol. The van der Waals surface area contributed by atoms with Crippen molar-refractivity contribution >= 4 is 22.6 Å². The molecule has 0 saturated heterocycles. The topological polar surface area (TPSA) is 63.2 Å². The molecule has 128 valence electrons. The third kappa shape index (κ3) is 4.25. The van der Waals surface area contributed by atoms with Crippen LogP contribution in [0.3, 0.4) is 0 Å². The molecule has 0 bridgehead atoms. The van der Waals surface area contributed by atoms with Crippen LogP contribution in [-0.2, 0) is 6.61 Å². The summed E-state index contributed by atoms with van der Waals surface area (Å²) in [6.07, 6.45) is 1.52. The van der Waals surface area contributed by atoms with Crippen molar-refractivity contribution in [2.45, 2.75) is 13.5 Å². The van der Waals surface area contributed by atoms with Crippen LogP contribution in [0.2, 0.25) is 0 Å². The first-order chi connectivity index (χ1) is 11.4. The lowest BCUT2D eigenvalue weighted by Crippen LogP contribution is -2.28. The van der Waals surface area contributed by atoms with E-state index in [0.29, 0.717) is 11.5 Å². The summed E-state index contributed by atoms with van der Waals surface area (Å²) in [5.74, 6) is -3.25. The zero-order valence-corrected chi connectivity index (χ0v) is 13.5. The molecule has 9 heteroatoms. The van der Waals surface area contributed by atoms with Crippen LogP contribution >= 0.6 is 11.5 Å². The number of anilines is 1. The van der Waals surface area contributed by atoms with Crippen molar-refractivity contribution in [1.29, 1.82) is 0 Å². The first-order valence-electron chi connectivity index (χ1n) is 6.80. The molecule has 0 fully saturated rings. The number of hydrogen-bond acceptors (Lipinski definition) is 4. The van der Waals surface area contributed by atoms with E-state index >= 15 is 0 Å². The standard InChI is InChI=1S/C15H14F3N3O2S/c1-3-4-19-15(22)20-12-6-11(21-24-12)23-7-9-10(16)5-8(2)13(17)14(9)18/h3,5-6H,1,4,7H2,2H3,(H2,19,20,22). The smallest absolute Gasteiger partial charge is 0.320 e. The molecule has 1 heterocycles. The molecule has 0 unspecified atom stereocenters. The van der Waals surface area contributed by atoms with E-state index < -0.39 is 35.7 Å². The van der Waals surface area contributed by atoms with Crippen LogP contribution in [0, 0.1) is 24.4 Å². The lowest BCUT2D eigenvalue weighted by atomic mass is 10.1. The summed E-state index contributed by atoms with van der Waals surface area (Å²) >= 11 is 0.926. The summed E-state index contributed by atoms with van der Waals surface area (Å²) in [5, 5.41) is 5.39.